The highest BCUT2D eigenvalue weighted by Crippen LogP contribution is 2.12. The molecule has 0 saturated carbocycles. The minimum absolute atomic E-state index is 0.134. The molecule has 5 heteroatoms. The summed E-state index contributed by atoms with van der Waals surface area (Å²) in [5.41, 5.74) is 1.54. The van der Waals surface area contributed by atoms with Gasteiger partial charge in [0.2, 0.25) is 0 Å². The molecule has 0 bridgehead atoms. The zero-order valence-electron chi connectivity index (χ0n) is 13.3. The Labute approximate surface area is 131 Å². The summed E-state index contributed by atoms with van der Waals surface area (Å²) in [4.78, 5) is 14.0. The largest absolute Gasteiger partial charge is 0.354 e. The quantitative estimate of drug-likeness (QED) is 0.890. The minimum Gasteiger partial charge on any atom is -0.354 e. The van der Waals surface area contributed by atoms with Crippen molar-refractivity contribution in [3.63, 3.8) is 0 Å². The molecule has 1 aromatic carbocycles. The van der Waals surface area contributed by atoms with Gasteiger partial charge in [-0.15, -0.1) is 10.2 Å². The van der Waals surface area contributed by atoms with Crippen molar-refractivity contribution in [2.24, 2.45) is 0 Å². The molecule has 1 amide bonds. The lowest BCUT2D eigenvalue weighted by Gasteiger charge is -2.17. The van der Waals surface area contributed by atoms with E-state index in [0.717, 1.165) is 18.8 Å². The SMILES string of the molecule is CCC(C)NC(=O)c1ccc(N(C)Cc2ccccc2)nn1. The van der Waals surface area contributed by atoms with Crippen molar-refractivity contribution >= 4 is 11.7 Å². The maximum Gasteiger partial charge on any atom is 0.272 e. The highest BCUT2D eigenvalue weighted by molar-refractivity contribution is 5.92. The Kier molecular flexibility index (Phi) is 5.47. The maximum absolute atomic E-state index is 12.0. The van der Waals surface area contributed by atoms with Gasteiger partial charge in [-0.1, -0.05) is 37.3 Å². The van der Waals surface area contributed by atoms with Crippen LogP contribution in [0.4, 0.5) is 5.82 Å². The van der Waals surface area contributed by atoms with E-state index in [1.807, 2.05) is 50.1 Å². The Balaban J connectivity index is 2.00. The van der Waals surface area contributed by atoms with Gasteiger partial charge in [0, 0.05) is 19.6 Å². The van der Waals surface area contributed by atoms with Crippen LogP contribution in [0.1, 0.15) is 36.3 Å². The Hall–Kier alpha value is -2.43. The molecule has 1 aromatic heterocycles. The fourth-order valence-electron chi connectivity index (χ4n) is 1.99. The van der Waals surface area contributed by atoms with Gasteiger partial charge >= 0.3 is 0 Å². The number of hydrogen-bond donors (Lipinski definition) is 1. The predicted octanol–water partition coefficient (Wildman–Crippen LogP) is 2.64. The number of nitrogens with zero attached hydrogens (tertiary/aromatic N) is 3. The van der Waals surface area contributed by atoms with Gasteiger partial charge in [0.25, 0.3) is 5.91 Å². The first-order chi connectivity index (χ1) is 10.6. The topological polar surface area (TPSA) is 58.1 Å². The van der Waals surface area contributed by atoms with E-state index in [-0.39, 0.29) is 11.9 Å². The Bertz CT molecular complexity index is 598. The molecule has 22 heavy (non-hydrogen) atoms. The summed E-state index contributed by atoms with van der Waals surface area (Å²) < 4.78 is 0. The van der Waals surface area contributed by atoms with Crippen LogP contribution in [0.2, 0.25) is 0 Å². The zero-order valence-corrected chi connectivity index (χ0v) is 13.3. The smallest absolute Gasteiger partial charge is 0.272 e. The van der Waals surface area contributed by atoms with E-state index >= 15 is 0 Å². The number of aromatic nitrogens is 2. The average Bonchev–Trinajstić information content (AvgIpc) is 2.55. The van der Waals surface area contributed by atoms with Crippen LogP contribution in [0, 0.1) is 0 Å². The summed E-state index contributed by atoms with van der Waals surface area (Å²) in [6.07, 6.45) is 0.886. The summed E-state index contributed by atoms with van der Waals surface area (Å²) in [7, 11) is 1.95. The molecule has 0 aliphatic heterocycles. The molecule has 1 atom stereocenters. The molecular weight excluding hydrogens is 276 g/mol. The van der Waals surface area contributed by atoms with Gasteiger partial charge in [-0.05, 0) is 31.0 Å². The highest BCUT2D eigenvalue weighted by Gasteiger charge is 2.11. The first-order valence-corrected chi connectivity index (χ1v) is 7.49. The fraction of sp³-hybridized carbons (Fsp3) is 0.353. The number of carbonyl (C=O) groups excluding carboxylic acids is 1. The Morgan fingerprint density at radius 3 is 2.50 bits per heavy atom. The molecule has 0 saturated heterocycles. The highest BCUT2D eigenvalue weighted by atomic mass is 16.2. The minimum atomic E-state index is -0.181. The Morgan fingerprint density at radius 2 is 1.91 bits per heavy atom. The van der Waals surface area contributed by atoms with Crippen LogP contribution in [-0.4, -0.2) is 29.2 Å². The van der Waals surface area contributed by atoms with Crippen LogP contribution in [0.3, 0.4) is 0 Å². The fourth-order valence-corrected chi connectivity index (χ4v) is 1.99. The van der Waals surface area contributed by atoms with E-state index in [1.54, 1.807) is 6.07 Å². The molecule has 0 fully saturated rings. The lowest BCUT2D eigenvalue weighted by molar-refractivity contribution is 0.0933. The van der Waals surface area contributed by atoms with Gasteiger partial charge in [0.1, 0.15) is 0 Å². The number of anilines is 1. The van der Waals surface area contributed by atoms with E-state index in [9.17, 15) is 4.79 Å². The third kappa shape index (κ3) is 4.28. The predicted molar refractivity (Wildman–Crippen MR) is 87.8 cm³/mol. The third-order valence-corrected chi connectivity index (χ3v) is 3.53. The second-order valence-electron chi connectivity index (χ2n) is 5.40. The molecule has 116 valence electrons. The van der Waals surface area contributed by atoms with Crippen LogP contribution in [0.15, 0.2) is 42.5 Å². The van der Waals surface area contributed by atoms with Crippen LogP contribution in [0.25, 0.3) is 0 Å². The molecule has 0 spiro atoms. The summed E-state index contributed by atoms with van der Waals surface area (Å²) >= 11 is 0. The average molecular weight is 298 g/mol. The first kappa shape index (κ1) is 15.9. The molecule has 2 aromatic rings. The van der Waals surface area contributed by atoms with Gasteiger partial charge in [-0.2, -0.15) is 0 Å². The number of hydrogen-bond acceptors (Lipinski definition) is 4. The number of rotatable bonds is 6. The molecule has 1 heterocycles. The van der Waals surface area contributed by atoms with Gasteiger partial charge in [0.05, 0.1) is 0 Å². The molecule has 1 N–H and O–H groups in total. The molecule has 1 unspecified atom stereocenters. The number of benzene rings is 1. The van der Waals surface area contributed by atoms with Gasteiger partial charge < -0.3 is 10.2 Å². The van der Waals surface area contributed by atoms with Crippen LogP contribution in [0.5, 0.6) is 0 Å². The summed E-state index contributed by atoms with van der Waals surface area (Å²) in [5.74, 6) is 0.558. The zero-order chi connectivity index (χ0) is 15.9. The first-order valence-electron chi connectivity index (χ1n) is 7.49. The van der Waals surface area contributed by atoms with E-state index in [1.165, 1.54) is 5.56 Å². The van der Waals surface area contributed by atoms with E-state index in [0.29, 0.717) is 5.69 Å². The summed E-state index contributed by atoms with van der Waals surface area (Å²) in [6.45, 7) is 4.74. The van der Waals surface area contributed by atoms with Crippen molar-refractivity contribution in [3.05, 3.63) is 53.7 Å². The lowest BCUT2D eigenvalue weighted by Crippen LogP contribution is -2.32. The maximum atomic E-state index is 12.0. The van der Waals surface area contributed by atoms with Gasteiger partial charge in [-0.3, -0.25) is 4.79 Å². The third-order valence-electron chi connectivity index (χ3n) is 3.53. The van der Waals surface area contributed by atoms with Gasteiger partial charge in [-0.25, -0.2) is 0 Å². The molecule has 0 radical (unpaired) electrons. The van der Waals surface area contributed by atoms with Crippen molar-refractivity contribution < 1.29 is 4.79 Å². The van der Waals surface area contributed by atoms with Crippen LogP contribution in [-0.2, 0) is 6.54 Å². The van der Waals surface area contributed by atoms with Gasteiger partial charge in [0.15, 0.2) is 11.5 Å². The van der Waals surface area contributed by atoms with E-state index < -0.39 is 0 Å². The normalized spacial score (nSPS) is 11.8. The van der Waals surface area contributed by atoms with Crippen LogP contribution < -0.4 is 10.2 Å². The Morgan fingerprint density at radius 1 is 1.18 bits per heavy atom. The lowest BCUT2D eigenvalue weighted by atomic mass is 10.2. The molecule has 2 rings (SSSR count). The van der Waals surface area contributed by atoms with Crippen molar-refractivity contribution in [2.75, 3.05) is 11.9 Å². The van der Waals surface area contributed by atoms with Crippen molar-refractivity contribution in [1.82, 2.24) is 15.5 Å². The molecule has 5 nitrogen and oxygen atoms in total. The molecular formula is C17H22N4O. The van der Waals surface area contributed by atoms with Crippen LogP contribution >= 0.6 is 0 Å². The van der Waals surface area contributed by atoms with Crippen molar-refractivity contribution in [1.29, 1.82) is 0 Å². The van der Waals surface area contributed by atoms with Crippen molar-refractivity contribution in [2.45, 2.75) is 32.9 Å². The van der Waals surface area contributed by atoms with Crippen molar-refractivity contribution in [3.8, 4) is 0 Å². The second kappa shape index (κ2) is 7.54. The van der Waals surface area contributed by atoms with E-state index in [2.05, 4.69) is 27.6 Å². The monoisotopic (exact) mass is 298 g/mol. The molecule has 0 aliphatic carbocycles. The number of amides is 1. The summed E-state index contributed by atoms with van der Waals surface area (Å²) in [6, 6.07) is 13.8. The number of nitrogens with one attached hydrogen (secondary N) is 1. The number of carbonyl (C=O) groups is 1. The standard InChI is InChI=1S/C17H22N4O/c1-4-13(2)18-17(22)15-10-11-16(20-19-15)21(3)12-14-8-6-5-7-9-14/h5-11,13H,4,12H2,1-3H3,(H,18,22). The second-order valence-corrected chi connectivity index (χ2v) is 5.40. The summed E-state index contributed by atoms with van der Waals surface area (Å²) in [5, 5.41) is 11.0. The van der Waals surface area contributed by atoms with E-state index in [4.69, 9.17) is 0 Å². The molecule has 0 aliphatic rings.